The van der Waals surface area contributed by atoms with E-state index < -0.39 is 6.29 Å². The van der Waals surface area contributed by atoms with Gasteiger partial charge >= 0.3 is 0 Å². The van der Waals surface area contributed by atoms with Crippen molar-refractivity contribution in [1.29, 1.82) is 0 Å². The maximum absolute atomic E-state index is 9.13. The fourth-order valence-electron chi connectivity index (χ4n) is 5.48. The zero-order valence-corrected chi connectivity index (χ0v) is 24.1. The monoisotopic (exact) mass is 542 g/mol. The number of aliphatic hydroxyl groups is 2. The minimum absolute atomic E-state index is 0.138. The maximum Gasteiger partial charge on any atom is 0.181 e. The van der Waals surface area contributed by atoms with Gasteiger partial charge in [-0.25, -0.2) is 0 Å². The Morgan fingerprint density at radius 2 is 1.24 bits per heavy atom. The maximum atomic E-state index is 9.13. The summed E-state index contributed by atoms with van der Waals surface area (Å²) in [7, 11) is 0. The minimum Gasteiger partial charge on any atom is -0.371 e. The summed E-state index contributed by atoms with van der Waals surface area (Å²) >= 11 is 0. The summed E-state index contributed by atoms with van der Waals surface area (Å²) in [5, 5.41) is 25.3. The number of hydrogen-bond donors (Lipinski definition) is 4. The van der Waals surface area contributed by atoms with Gasteiger partial charge in [-0.1, -0.05) is 96.8 Å². The highest BCUT2D eigenvalue weighted by Gasteiger charge is 2.41. The van der Waals surface area contributed by atoms with Gasteiger partial charge in [-0.2, -0.15) is 0 Å². The molecule has 38 heavy (non-hydrogen) atoms. The van der Waals surface area contributed by atoms with E-state index in [4.69, 9.17) is 29.2 Å². The molecule has 0 radical (unpaired) electrons. The summed E-state index contributed by atoms with van der Waals surface area (Å²) in [6.45, 7) is 3.53. The molecule has 0 aromatic rings. The molecule has 0 amide bonds. The second-order valence-corrected chi connectivity index (χ2v) is 11.7. The molecule has 3 rings (SSSR count). The number of rotatable bonds is 28. The van der Waals surface area contributed by atoms with Crippen molar-refractivity contribution in [2.75, 3.05) is 19.9 Å². The molecular formula is C30H58N2O6. The number of nitrogens with one attached hydrogen (secondary N) is 2. The first kappa shape index (κ1) is 32.2. The van der Waals surface area contributed by atoms with E-state index >= 15 is 0 Å². The summed E-state index contributed by atoms with van der Waals surface area (Å²) in [5.41, 5.74) is 0. The van der Waals surface area contributed by atoms with Gasteiger partial charge in [0.1, 0.15) is 25.4 Å². The van der Waals surface area contributed by atoms with E-state index in [1.807, 2.05) is 0 Å². The van der Waals surface area contributed by atoms with Gasteiger partial charge in [0.05, 0.1) is 18.8 Å². The summed E-state index contributed by atoms with van der Waals surface area (Å²) < 4.78 is 22.0. The normalized spacial score (nSPS) is 28.5. The standard InChI is InChI=1S/C30H58N2O6/c1-2-3-16-21-31-28-26(36-28)20-19-24(22-35-23-33)32-29-25(37-29)17-14-12-10-8-6-4-5-7-9-11-13-15-18-27-30(34)38-27/h24-34H,2-23H2,1H3. The Morgan fingerprint density at radius 1 is 0.684 bits per heavy atom. The molecule has 0 aliphatic carbocycles. The zero-order valence-electron chi connectivity index (χ0n) is 24.1. The third-order valence-corrected chi connectivity index (χ3v) is 8.18. The van der Waals surface area contributed by atoms with Crippen LogP contribution in [0.2, 0.25) is 0 Å². The molecule has 8 heteroatoms. The van der Waals surface area contributed by atoms with Crippen molar-refractivity contribution in [3.8, 4) is 0 Å². The topological polar surface area (TPSA) is 111 Å². The van der Waals surface area contributed by atoms with Crippen molar-refractivity contribution in [1.82, 2.24) is 10.6 Å². The van der Waals surface area contributed by atoms with E-state index in [0.29, 0.717) is 18.8 Å². The first-order valence-corrected chi connectivity index (χ1v) is 16.0. The highest BCUT2D eigenvalue weighted by Crippen LogP contribution is 2.29. The van der Waals surface area contributed by atoms with Crippen LogP contribution in [-0.4, -0.2) is 73.3 Å². The Morgan fingerprint density at radius 3 is 1.82 bits per heavy atom. The predicted molar refractivity (Wildman–Crippen MR) is 150 cm³/mol. The van der Waals surface area contributed by atoms with Crippen molar-refractivity contribution in [2.24, 2.45) is 0 Å². The smallest absolute Gasteiger partial charge is 0.181 e. The summed E-state index contributed by atoms with van der Waals surface area (Å²) in [6.07, 6.45) is 24.4. The van der Waals surface area contributed by atoms with Crippen LogP contribution in [0, 0.1) is 0 Å². The van der Waals surface area contributed by atoms with E-state index in [2.05, 4.69) is 17.6 Å². The molecule has 8 nitrogen and oxygen atoms in total. The van der Waals surface area contributed by atoms with Gasteiger partial charge in [0.2, 0.25) is 0 Å². The van der Waals surface area contributed by atoms with Crippen LogP contribution in [0.15, 0.2) is 0 Å². The lowest BCUT2D eigenvalue weighted by atomic mass is 10.0. The van der Waals surface area contributed by atoms with Crippen molar-refractivity contribution < 1.29 is 29.2 Å². The fourth-order valence-corrected chi connectivity index (χ4v) is 5.48. The van der Waals surface area contributed by atoms with Crippen LogP contribution in [0.4, 0.5) is 0 Å². The number of ether oxygens (including phenoxy) is 4. The third-order valence-electron chi connectivity index (χ3n) is 8.18. The van der Waals surface area contributed by atoms with E-state index in [0.717, 1.165) is 32.2 Å². The Labute approximate surface area is 231 Å². The molecule has 0 spiro atoms. The quantitative estimate of drug-likeness (QED) is 0.0614. The average molecular weight is 543 g/mol. The van der Waals surface area contributed by atoms with Gasteiger partial charge in [-0.05, 0) is 38.6 Å². The SMILES string of the molecule is CCCCCNC1OC1CCC(COCO)NC1OC1CCCCCCCCCCCCCCC1OC1O. The minimum atomic E-state index is -0.462. The van der Waals surface area contributed by atoms with E-state index in [-0.39, 0.29) is 31.4 Å². The fraction of sp³-hybridized carbons (Fsp3) is 1.00. The number of hydrogen-bond acceptors (Lipinski definition) is 8. The molecule has 0 saturated carbocycles. The van der Waals surface area contributed by atoms with Gasteiger partial charge in [-0.3, -0.25) is 10.6 Å². The lowest BCUT2D eigenvalue weighted by Crippen LogP contribution is -2.37. The van der Waals surface area contributed by atoms with Crippen LogP contribution in [0.3, 0.4) is 0 Å². The predicted octanol–water partition coefficient (Wildman–Crippen LogP) is 5.10. The van der Waals surface area contributed by atoms with Crippen molar-refractivity contribution in [3.05, 3.63) is 0 Å². The first-order chi connectivity index (χ1) is 18.7. The molecular weight excluding hydrogens is 484 g/mol. The molecule has 224 valence electrons. The van der Waals surface area contributed by atoms with Crippen molar-refractivity contribution in [3.63, 3.8) is 0 Å². The van der Waals surface area contributed by atoms with Crippen LogP contribution in [0.25, 0.3) is 0 Å². The average Bonchev–Trinajstić information content (AvgIpc) is 3.85. The molecule has 7 atom stereocenters. The van der Waals surface area contributed by atoms with Crippen LogP contribution < -0.4 is 10.6 Å². The largest absolute Gasteiger partial charge is 0.371 e. The Hall–Kier alpha value is -0.320. The molecule has 0 bridgehead atoms. The van der Waals surface area contributed by atoms with Crippen molar-refractivity contribution in [2.45, 2.75) is 172 Å². The highest BCUT2D eigenvalue weighted by atomic mass is 16.7. The Bertz CT molecular complexity index is 585. The van der Waals surface area contributed by atoms with Gasteiger partial charge < -0.3 is 29.2 Å². The van der Waals surface area contributed by atoms with Gasteiger partial charge in [0, 0.05) is 6.04 Å². The molecule has 3 heterocycles. The molecule has 3 saturated heterocycles. The summed E-state index contributed by atoms with van der Waals surface area (Å²) in [5.74, 6) is 0. The molecule has 0 aromatic heterocycles. The summed E-state index contributed by atoms with van der Waals surface area (Å²) in [6, 6.07) is 0.188. The van der Waals surface area contributed by atoms with Crippen molar-refractivity contribution >= 4 is 0 Å². The van der Waals surface area contributed by atoms with Gasteiger partial charge in [0.25, 0.3) is 0 Å². The molecule has 3 aliphatic rings. The van der Waals surface area contributed by atoms with Crippen LogP contribution in [0.5, 0.6) is 0 Å². The second kappa shape index (κ2) is 19.7. The molecule has 3 fully saturated rings. The molecule has 0 aromatic carbocycles. The van der Waals surface area contributed by atoms with Gasteiger partial charge in [0.15, 0.2) is 6.29 Å². The first-order valence-electron chi connectivity index (χ1n) is 16.0. The number of aliphatic hydroxyl groups excluding tert-OH is 2. The summed E-state index contributed by atoms with van der Waals surface area (Å²) in [4.78, 5) is 0. The lowest BCUT2D eigenvalue weighted by molar-refractivity contribution is -0.0134. The Balaban J connectivity index is 1.07. The van der Waals surface area contributed by atoms with E-state index in [1.165, 1.54) is 96.3 Å². The lowest BCUT2D eigenvalue weighted by Gasteiger charge is -2.16. The second-order valence-electron chi connectivity index (χ2n) is 11.7. The zero-order chi connectivity index (χ0) is 26.8. The van der Waals surface area contributed by atoms with Crippen LogP contribution >= 0.6 is 0 Å². The number of unbranched alkanes of at least 4 members (excludes halogenated alkanes) is 13. The van der Waals surface area contributed by atoms with E-state index in [1.54, 1.807) is 0 Å². The highest BCUT2D eigenvalue weighted by molar-refractivity contribution is 4.88. The van der Waals surface area contributed by atoms with E-state index in [9.17, 15) is 0 Å². The third kappa shape index (κ3) is 14.9. The number of epoxide rings is 3. The van der Waals surface area contributed by atoms with Crippen LogP contribution in [0.1, 0.15) is 129 Å². The molecule has 7 unspecified atom stereocenters. The van der Waals surface area contributed by atoms with Crippen LogP contribution in [-0.2, 0) is 18.9 Å². The van der Waals surface area contributed by atoms with Gasteiger partial charge in [-0.15, -0.1) is 0 Å². The molecule has 4 N–H and O–H groups in total. The molecule has 3 aliphatic heterocycles. The Kier molecular flexibility index (Phi) is 16.7.